The Bertz CT molecular complexity index is 858. The molecule has 0 spiro atoms. The van der Waals surface area contributed by atoms with Crippen molar-refractivity contribution >= 4 is 23.4 Å². The number of hydrogen-bond acceptors (Lipinski definition) is 3. The number of nitrogens with one attached hydrogen (secondary N) is 1. The monoisotopic (exact) mass is 355 g/mol. The van der Waals surface area contributed by atoms with E-state index in [4.69, 9.17) is 4.42 Å². The number of thioether (sulfide) groups is 1. The molecule has 0 unspecified atom stereocenters. The van der Waals surface area contributed by atoms with E-state index in [9.17, 15) is 9.18 Å². The van der Waals surface area contributed by atoms with Crippen molar-refractivity contribution in [1.82, 2.24) is 0 Å². The average molecular weight is 355 g/mol. The summed E-state index contributed by atoms with van der Waals surface area (Å²) in [7, 11) is 0. The van der Waals surface area contributed by atoms with E-state index < -0.39 is 0 Å². The van der Waals surface area contributed by atoms with Gasteiger partial charge in [0.2, 0.25) is 5.91 Å². The van der Waals surface area contributed by atoms with Gasteiger partial charge in [-0.2, -0.15) is 0 Å². The second-order valence-corrected chi connectivity index (χ2v) is 6.37. The molecule has 0 saturated carbocycles. The Morgan fingerprint density at radius 3 is 2.60 bits per heavy atom. The molecule has 128 valence electrons. The van der Waals surface area contributed by atoms with Gasteiger partial charge in [0.25, 0.3) is 0 Å². The number of hydrogen-bond donors (Lipinski definition) is 1. The number of carbonyl (C=O) groups excluding carboxylic acids is 1. The van der Waals surface area contributed by atoms with Gasteiger partial charge in [0, 0.05) is 23.3 Å². The van der Waals surface area contributed by atoms with Crippen molar-refractivity contribution in [2.45, 2.75) is 17.7 Å². The number of anilines is 1. The summed E-state index contributed by atoms with van der Waals surface area (Å²) in [5, 5.41) is 2.93. The first-order valence-corrected chi connectivity index (χ1v) is 9.15. The van der Waals surface area contributed by atoms with Crippen LogP contribution in [0.2, 0.25) is 0 Å². The van der Waals surface area contributed by atoms with Gasteiger partial charge in [-0.1, -0.05) is 12.1 Å². The molecule has 25 heavy (non-hydrogen) atoms. The van der Waals surface area contributed by atoms with Crippen LogP contribution in [0.15, 0.2) is 70.0 Å². The first kappa shape index (κ1) is 17.3. The van der Waals surface area contributed by atoms with Crippen LogP contribution in [0.25, 0.3) is 11.3 Å². The summed E-state index contributed by atoms with van der Waals surface area (Å²) in [6.07, 6.45) is 2.82. The maximum absolute atomic E-state index is 13.0. The van der Waals surface area contributed by atoms with Crippen molar-refractivity contribution in [2.75, 3.05) is 11.6 Å². The minimum atomic E-state index is -0.280. The molecule has 3 aromatic rings. The summed E-state index contributed by atoms with van der Waals surface area (Å²) in [5.74, 6) is 1.06. The zero-order valence-corrected chi connectivity index (χ0v) is 14.6. The van der Waals surface area contributed by atoms with Crippen molar-refractivity contribution < 1.29 is 13.6 Å². The molecule has 0 aliphatic carbocycles. The van der Waals surface area contributed by atoms with Crippen molar-refractivity contribution in [3.8, 4) is 11.3 Å². The lowest BCUT2D eigenvalue weighted by molar-refractivity contribution is -0.116. The maximum Gasteiger partial charge on any atom is 0.224 e. The summed E-state index contributed by atoms with van der Waals surface area (Å²) < 4.78 is 18.7. The molecule has 2 aromatic carbocycles. The number of halogens is 1. The topological polar surface area (TPSA) is 42.2 Å². The Morgan fingerprint density at radius 1 is 1.08 bits per heavy atom. The van der Waals surface area contributed by atoms with Gasteiger partial charge in [0.15, 0.2) is 0 Å². The number of benzene rings is 2. The van der Waals surface area contributed by atoms with Crippen LogP contribution >= 0.6 is 11.8 Å². The van der Waals surface area contributed by atoms with Gasteiger partial charge in [-0.15, -0.1) is 11.8 Å². The smallest absolute Gasteiger partial charge is 0.224 e. The third kappa shape index (κ3) is 4.51. The molecule has 1 N–H and O–H groups in total. The van der Waals surface area contributed by atoms with E-state index in [-0.39, 0.29) is 11.7 Å². The van der Waals surface area contributed by atoms with Crippen LogP contribution in [0.4, 0.5) is 10.1 Å². The fourth-order valence-electron chi connectivity index (χ4n) is 2.48. The van der Waals surface area contributed by atoms with Crippen molar-refractivity contribution in [1.29, 1.82) is 0 Å². The molecule has 3 rings (SSSR count). The minimum Gasteiger partial charge on any atom is -0.461 e. The van der Waals surface area contributed by atoms with Crippen molar-refractivity contribution in [2.24, 2.45) is 0 Å². The predicted molar refractivity (Wildman–Crippen MR) is 99.3 cm³/mol. The standard InChI is InChI=1S/C20H18FNO2S/c1-25-19-5-3-2-4-17(19)22-20(23)13-11-16-10-12-18(24-16)14-6-8-15(21)9-7-14/h2-10,12H,11,13H2,1H3,(H,22,23). The van der Waals surface area contributed by atoms with E-state index in [0.29, 0.717) is 18.6 Å². The summed E-state index contributed by atoms with van der Waals surface area (Å²) in [5.41, 5.74) is 1.64. The van der Waals surface area contributed by atoms with E-state index in [1.165, 1.54) is 12.1 Å². The summed E-state index contributed by atoms with van der Waals surface area (Å²) in [4.78, 5) is 13.2. The van der Waals surface area contributed by atoms with Crippen LogP contribution in [0.3, 0.4) is 0 Å². The predicted octanol–water partition coefficient (Wildman–Crippen LogP) is 5.38. The molecule has 0 aliphatic heterocycles. The Morgan fingerprint density at radius 2 is 1.84 bits per heavy atom. The summed E-state index contributed by atoms with van der Waals surface area (Å²) >= 11 is 1.59. The zero-order chi connectivity index (χ0) is 17.6. The van der Waals surface area contributed by atoms with E-state index in [1.807, 2.05) is 42.7 Å². The number of rotatable bonds is 6. The molecule has 0 saturated heterocycles. The Hall–Kier alpha value is -2.53. The third-order valence-corrected chi connectivity index (χ3v) is 4.57. The van der Waals surface area contributed by atoms with Crippen LogP contribution in [0.1, 0.15) is 12.2 Å². The molecule has 3 nitrogen and oxygen atoms in total. The van der Waals surface area contributed by atoms with Gasteiger partial charge in [0.1, 0.15) is 17.3 Å². The molecular formula is C20H18FNO2S. The Balaban J connectivity index is 1.58. The van der Waals surface area contributed by atoms with Crippen LogP contribution in [0.5, 0.6) is 0 Å². The van der Waals surface area contributed by atoms with Gasteiger partial charge < -0.3 is 9.73 Å². The van der Waals surface area contributed by atoms with Gasteiger partial charge in [0.05, 0.1) is 5.69 Å². The van der Waals surface area contributed by atoms with E-state index in [2.05, 4.69) is 5.32 Å². The maximum atomic E-state index is 13.0. The van der Waals surface area contributed by atoms with Crippen molar-refractivity contribution in [3.63, 3.8) is 0 Å². The SMILES string of the molecule is CSc1ccccc1NC(=O)CCc1ccc(-c2ccc(F)cc2)o1. The first-order valence-electron chi connectivity index (χ1n) is 7.93. The fraction of sp³-hybridized carbons (Fsp3) is 0.150. The van der Waals surface area contributed by atoms with E-state index in [0.717, 1.165) is 21.9 Å². The summed E-state index contributed by atoms with van der Waals surface area (Å²) in [6.45, 7) is 0. The molecule has 0 bridgehead atoms. The number of furan rings is 1. The first-order chi connectivity index (χ1) is 12.2. The average Bonchev–Trinajstić information content (AvgIpc) is 3.10. The second-order valence-electron chi connectivity index (χ2n) is 5.52. The Kier molecular flexibility index (Phi) is 5.56. The lowest BCUT2D eigenvalue weighted by atomic mass is 10.2. The largest absolute Gasteiger partial charge is 0.461 e. The summed E-state index contributed by atoms with van der Waals surface area (Å²) in [6, 6.07) is 17.5. The van der Waals surface area contributed by atoms with E-state index in [1.54, 1.807) is 23.9 Å². The van der Waals surface area contributed by atoms with Crippen LogP contribution in [0, 0.1) is 5.82 Å². The quantitative estimate of drug-likeness (QED) is 0.604. The lowest BCUT2D eigenvalue weighted by Gasteiger charge is -2.08. The van der Waals surface area contributed by atoms with Gasteiger partial charge >= 0.3 is 0 Å². The minimum absolute atomic E-state index is 0.0544. The van der Waals surface area contributed by atoms with Gasteiger partial charge in [-0.3, -0.25) is 4.79 Å². The lowest BCUT2D eigenvalue weighted by Crippen LogP contribution is -2.12. The molecular weight excluding hydrogens is 337 g/mol. The number of aryl methyl sites for hydroxylation is 1. The zero-order valence-electron chi connectivity index (χ0n) is 13.8. The second kappa shape index (κ2) is 8.03. The molecule has 1 amide bonds. The number of para-hydroxylation sites is 1. The normalized spacial score (nSPS) is 10.6. The van der Waals surface area contributed by atoms with Gasteiger partial charge in [-0.05, 0) is 54.8 Å². The molecule has 5 heteroatoms. The van der Waals surface area contributed by atoms with Crippen molar-refractivity contribution in [3.05, 3.63) is 72.2 Å². The third-order valence-electron chi connectivity index (χ3n) is 3.77. The molecule has 1 aromatic heterocycles. The molecule has 0 fully saturated rings. The van der Waals surface area contributed by atoms with Crippen LogP contribution in [-0.4, -0.2) is 12.2 Å². The highest BCUT2D eigenvalue weighted by Gasteiger charge is 2.09. The molecule has 0 atom stereocenters. The molecule has 0 aliphatic rings. The van der Waals surface area contributed by atoms with Crippen LogP contribution < -0.4 is 5.32 Å². The fourth-order valence-corrected chi connectivity index (χ4v) is 3.03. The number of amides is 1. The Labute approximate surface area is 150 Å². The highest BCUT2D eigenvalue weighted by molar-refractivity contribution is 7.98. The van der Waals surface area contributed by atoms with Crippen LogP contribution in [-0.2, 0) is 11.2 Å². The van der Waals surface area contributed by atoms with E-state index >= 15 is 0 Å². The highest BCUT2D eigenvalue weighted by Crippen LogP contribution is 2.25. The molecule has 1 heterocycles. The highest BCUT2D eigenvalue weighted by atomic mass is 32.2. The molecule has 0 radical (unpaired) electrons. The number of carbonyl (C=O) groups is 1. The van der Waals surface area contributed by atoms with Gasteiger partial charge in [-0.25, -0.2) is 4.39 Å².